The van der Waals surface area contributed by atoms with E-state index in [0.717, 1.165) is 28.6 Å². The monoisotopic (exact) mass is 359 g/mol. The van der Waals surface area contributed by atoms with E-state index in [9.17, 15) is 18.0 Å². The van der Waals surface area contributed by atoms with Gasteiger partial charge in [-0.05, 0) is 59.7 Å². The highest BCUT2D eigenvalue weighted by Crippen LogP contribution is 2.37. The Kier molecular flexibility index (Phi) is 3.86. The molecule has 2 aromatic carbocycles. The molecule has 1 aliphatic carbocycles. The second-order valence-electron chi connectivity index (χ2n) is 6.38. The van der Waals surface area contributed by atoms with Crippen LogP contribution < -0.4 is 10.6 Å². The summed E-state index contributed by atoms with van der Waals surface area (Å²) in [6, 6.07) is 10.2. The van der Waals surface area contributed by atoms with E-state index in [2.05, 4.69) is 15.6 Å². The summed E-state index contributed by atoms with van der Waals surface area (Å²) in [5.41, 5.74) is 2.19. The Morgan fingerprint density at radius 2 is 1.96 bits per heavy atom. The molecule has 7 heteroatoms. The van der Waals surface area contributed by atoms with Crippen molar-refractivity contribution in [3.8, 4) is 0 Å². The van der Waals surface area contributed by atoms with Gasteiger partial charge in [-0.3, -0.25) is 0 Å². The lowest BCUT2D eigenvalue weighted by atomic mass is 10.0. The van der Waals surface area contributed by atoms with Crippen molar-refractivity contribution in [2.45, 2.75) is 25.1 Å². The van der Waals surface area contributed by atoms with Crippen molar-refractivity contribution in [1.82, 2.24) is 10.3 Å². The van der Waals surface area contributed by atoms with Gasteiger partial charge in [0.2, 0.25) is 0 Å². The molecule has 1 unspecified atom stereocenters. The summed E-state index contributed by atoms with van der Waals surface area (Å²) >= 11 is 0. The van der Waals surface area contributed by atoms with Crippen molar-refractivity contribution in [2.24, 2.45) is 0 Å². The van der Waals surface area contributed by atoms with Crippen LogP contribution in [0.2, 0.25) is 0 Å². The fraction of sp³-hybridized carbons (Fsp3) is 0.211. The molecule has 0 saturated heterocycles. The van der Waals surface area contributed by atoms with Gasteiger partial charge in [-0.25, -0.2) is 4.79 Å². The van der Waals surface area contributed by atoms with E-state index in [1.54, 1.807) is 12.1 Å². The number of aromatic amines is 1. The lowest BCUT2D eigenvalue weighted by Gasteiger charge is -2.16. The van der Waals surface area contributed by atoms with Crippen LogP contribution in [0, 0.1) is 0 Å². The first kappa shape index (κ1) is 16.5. The minimum atomic E-state index is -4.39. The maximum atomic E-state index is 12.9. The minimum Gasteiger partial charge on any atom is -0.361 e. The molecule has 3 aromatic rings. The van der Waals surface area contributed by atoms with E-state index in [0.29, 0.717) is 24.1 Å². The molecule has 1 aromatic heterocycles. The molecule has 26 heavy (non-hydrogen) atoms. The number of amides is 2. The number of aryl methyl sites for hydroxylation is 1. The van der Waals surface area contributed by atoms with Crippen LogP contribution in [-0.2, 0) is 12.6 Å². The van der Waals surface area contributed by atoms with Crippen molar-refractivity contribution in [1.29, 1.82) is 0 Å². The normalized spacial score (nSPS) is 16.5. The number of alkyl halides is 3. The maximum absolute atomic E-state index is 12.9. The lowest BCUT2D eigenvalue weighted by Crippen LogP contribution is -2.31. The van der Waals surface area contributed by atoms with Crippen LogP contribution in [-0.4, -0.2) is 11.0 Å². The number of hydrogen-bond acceptors (Lipinski definition) is 1. The molecule has 134 valence electrons. The highest BCUT2D eigenvalue weighted by molar-refractivity contribution is 5.92. The van der Waals surface area contributed by atoms with Gasteiger partial charge in [0.05, 0.1) is 11.6 Å². The van der Waals surface area contributed by atoms with Crippen molar-refractivity contribution in [3.05, 3.63) is 65.4 Å². The number of benzene rings is 2. The number of aromatic nitrogens is 1. The van der Waals surface area contributed by atoms with E-state index in [4.69, 9.17) is 0 Å². The zero-order valence-electron chi connectivity index (χ0n) is 13.7. The van der Waals surface area contributed by atoms with Gasteiger partial charge in [0.1, 0.15) is 0 Å². The first-order valence-electron chi connectivity index (χ1n) is 8.25. The molecule has 0 aliphatic heterocycles. The molecule has 0 radical (unpaired) electrons. The van der Waals surface area contributed by atoms with Gasteiger partial charge in [0, 0.05) is 17.4 Å². The lowest BCUT2D eigenvalue weighted by molar-refractivity contribution is -0.137. The Labute approximate surface area is 147 Å². The molecule has 4 nitrogen and oxygen atoms in total. The Hall–Kier alpha value is -2.96. The van der Waals surface area contributed by atoms with Crippen LogP contribution in [0.25, 0.3) is 10.9 Å². The van der Waals surface area contributed by atoms with Crippen molar-refractivity contribution >= 4 is 22.6 Å². The third-order valence-electron chi connectivity index (χ3n) is 4.67. The molecule has 0 bridgehead atoms. The van der Waals surface area contributed by atoms with Crippen LogP contribution in [0.1, 0.15) is 29.2 Å². The van der Waals surface area contributed by atoms with E-state index >= 15 is 0 Å². The standard InChI is InChI=1S/C19H16F3N3O/c20-19(21,22)13-4-1-11-3-6-16(15(11)9-13)25-18(26)24-14-5-2-12-7-8-23-17(12)10-14/h1-2,4-5,7-10,16,23H,3,6H2,(H2,24,25,26). The summed E-state index contributed by atoms with van der Waals surface area (Å²) in [5.74, 6) is 0. The van der Waals surface area contributed by atoms with Gasteiger partial charge >= 0.3 is 12.2 Å². The van der Waals surface area contributed by atoms with Gasteiger partial charge < -0.3 is 15.6 Å². The molecule has 1 heterocycles. The number of urea groups is 1. The highest BCUT2D eigenvalue weighted by Gasteiger charge is 2.33. The van der Waals surface area contributed by atoms with Gasteiger partial charge in [0.25, 0.3) is 0 Å². The van der Waals surface area contributed by atoms with E-state index in [1.807, 2.05) is 18.3 Å². The van der Waals surface area contributed by atoms with Crippen molar-refractivity contribution in [3.63, 3.8) is 0 Å². The molecule has 0 saturated carbocycles. The fourth-order valence-corrected chi connectivity index (χ4v) is 3.38. The smallest absolute Gasteiger partial charge is 0.361 e. The van der Waals surface area contributed by atoms with Gasteiger partial charge in [-0.15, -0.1) is 0 Å². The minimum absolute atomic E-state index is 0.429. The van der Waals surface area contributed by atoms with E-state index in [-0.39, 0.29) is 0 Å². The van der Waals surface area contributed by atoms with Crippen LogP contribution in [0.15, 0.2) is 48.7 Å². The first-order chi connectivity index (χ1) is 12.4. The van der Waals surface area contributed by atoms with Crippen LogP contribution in [0.5, 0.6) is 0 Å². The number of carbonyl (C=O) groups excluding carboxylic acids is 1. The number of H-pyrrole nitrogens is 1. The number of carbonyl (C=O) groups is 1. The molecular formula is C19H16F3N3O. The SMILES string of the molecule is O=C(Nc1ccc2cc[nH]c2c1)NC1CCc2ccc(C(F)(F)F)cc21. The Morgan fingerprint density at radius 1 is 1.12 bits per heavy atom. The average molecular weight is 359 g/mol. The summed E-state index contributed by atoms with van der Waals surface area (Å²) in [6.07, 6.45) is -1.36. The molecule has 2 amide bonds. The van der Waals surface area contributed by atoms with E-state index in [1.165, 1.54) is 6.07 Å². The molecular weight excluding hydrogens is 343 g/mol. The Balaban J connectivity index is 1.49. The molecule has 4 rings (SSSR count). The number of halogens is 3. The second-order valence-corrected chi connectivity index (χ2v) is 6.38. The third-order valence-corrected chi connectivity index (χ3v) is 4.67. The predicted molar refractivity (Wildman–Crippen MR) is 93.0 cm³/mol. The molecule has 3 N–H and O–H groups in total. The summed E-state index contributed by atoms with van der Waals surface area (Å²) in [4.78, 5) is 15.3. The van der Waals surface area contributed by atoms with E-state index < -0.39 is 23.8 Å². The molecule has 1 atom stereocenters. The quantitative estimate of drug-likeness (QED) is 0.593. The topological polar surface area (TPSA) is 56.9 Å². The number of anilines is 1. The number of hydrogen-bond donors (Lipinski definition) is 3. The highest BCUT2D eigenvalue weighted by atomic mass is 19.4. The molecule has 0 fully saturated rings. The van der Waals surface area contributed by atoms with Gasteiger partial charge in [-0.2, -0.15) is 13.2 Å². The van der Waals surface area contributed by atoms with Gasteiger partial charge in [0.15, 0.2) is 0 Å². The first-order valence-corrected chi connectivity index (χ1v) is 8.25. The van der Waals surface area contributed by atoms with Crippen LogP contribution >= 0.6 is 0 Å². The molecule has 0 spiro atoms. The third kappa shape index (κ3) is 3.12. The summed E-state index contributed by atoms with van der Waals surface area (Å²) < 4.78 is 38.8. The zero-order valence-corrected chi connectivity index (χ0v) is 13.7. The summed E-state index contributed by atoms with van der Waals surface area (Å²) in [5, 5.41) is 6.54. The van der Waals surface area contributed by atoms with Gasteiger partial charge in [-0.1, -0.05) is 12.1 Å². The summed E-state index contributed by atoms with van der Waals surface area (Å²) in [6.45, 7) is 0. The Morgan fingerprint density at radius 3 is 2.77 bits per heavy atom. The second kappa shape index (κ2) is 6.09. The molecule has 1 aliphatic rings. The number of nitrogens with one attached hydrogen (secondary N) is 3. The summed E-state index contributed by atoms with van der Waals surface area (Å²) in [7, 11) is 0. The average Bonchev–Trinajstić information content (AvgIpc) is 3.20. The van der Waals surface area contributed by atoms with Crippen molar-refractivity contribution in [2.75, 3.05) is 5.32 Å². The number of rotatable bonds is 2. The largest absolute Gasteiger partial charge is 0.416 e. The number of fused-ring (bicyclic) bond motifs is 2. The van der Waals surface area contributed by atoms with Crippen molar-refractivity contribution < 1.29 is 18.0 Å². The zero-order chi connectivity index (χ0) is 18.3. The Bertz CT molecular complexity index is 978. The maximum Gasteiger partial charge on any atom is 0.416 e. The van der Waals surface area contributed by atoms with Crippen LogP contribution in [0.3, 0.4) is 0 Å². The van der Waals surface area contributed by atoms with Crippen LogP contribution in [0.4, 0.5) is 23.7 Å². The fourth-order valence-electron chi connectivity index (χ4n) is 3.38. The predicted octanol–water partition coefficient (Wildman–Crippen LogP) is 5.00.